The highest BCUT2D eigenvalue weighted by atomic mass is 35.5. The van der Waals surface area contributed by atoms with Crippen LogP contribution in [0.15, 0.2) is 0 Å². The summed E-state index contributed by atoms with van der Waals surface area (Å²) < 4.78 is 1.69. The fourth-order valence-corrected chi connectivity index (χ4v) is 2.34. The lowest BCUT2D eigenvalue weighted by Crippen LogP contribution is -2.38. The Bertz CT molecular complexity index is 164. The molecule has 3 heteroatoms. The van der Waals surface area contributed by atoms with Crippen LogP contribution in [0.5, 0.6) is 0 Å². The Morgan fingerprint density at radius 3 is 2.25 bits per heavy atom. The molecule has 2 nitrogen and oxygen atoms in total. The zero-order chi connectivity index (χ0) is 8.60. The van der Waals surface area contributed by atoms with Crippen LogP contribution in [0.25, 0.3) is 0 Å². The van der Waals surface area contributed by atoms with Gasteiger partial charge in [0.1, 0.15) is 5.72 Å². The van der Waals surface area contributed by atoms with Gasteiger partial charge in [-0.15, -0.1) is 0 Å². The lowest BCUT2D eigenvalue weighted by atomic mass is 9.95. The summed E-state index contributed by atoms with van der Waals surface area (Å²) in [7, 11) is 0. The molecule has 2 fully saturated rings. The van der Waals surface area contributed by atoms with Gasteiger partial charge in [-0.2, -0.15) is 4.42 Å². The predicted molar refractivity (Wildman–Crippen MR) is 48.7 cm³/mol. The Hall–Kier alpha value is 0.210. The minimum Gasteiger partial charge on any atom is -0.374 e. The van der Waals surface area contributed by atoms with Gasteiger partial charge >= 0.3 is 0 Å². The first kappa shape index (κ1) is 8.79. The van der Waals surface area contributed by atoms with E-state index in [9.17, 15) is 5.11 Å². The molecule has 0 aliphatic heterocycles. The summed E-state index contributed by atoms with van der Waals surface area (Å²) in [6.07, 6.45) is 7.89. The Morgan fingerprint density at radius 2 is 1.75 bits per heavy atom. The topological polar surface area (TPSA) is 23.5 Å². The molecule has 0 spiro atoms. The van der Waals surface area contributed by atoms with Gasteiger partial charge in [0, 0.05) is 6.04 Å². The second kappa shape index (κ2) is 3.17. The lowest BCUT2D eigenvalue weighted by molar-refractivity contribution is 0.00531. The van der Waals surface area contributed by atoms with Crippen molar-refractivity contribution in [3.63, 3.8) is 0 Å². The standard InChI is InChI=1S/C9H16ClNO/c10-11(9(12)6-7-9)8-4-2-1-3-5-8/h8,12H,1-7H2. The van der Waals surface area contributed by atoms with Crippen LogP contribution in [0.2, 0.25) is 0 Å². The first-order chi connectivity index (χ1) is 5.72. The molecule has 0 aromatic heterocycles. The van der Waals surface area contributed by atoms with Crippen LogP contribution in [0.1, 0.15) is 44.9 Å². The normalized spacial score (nSPS) is 29.2. The highest BCUT2D eigenvalue weighted by Crippen LogP contribution is 2.43. The highest BCUT2D eigenvalue weighted by Gasteiger charge is 2.48. The first-order valence-corrected chi connectivity index (χ1v) is 5.24. The van der Waals surface area contributed by atoms with Crippen LogP contribution in [-0.2, 0) is 0 Å². The van der Waals surface area contributed by atoms with Crippen molar-refractivity contribution in [3.05, 3.63) is 0 Å². The van der Waals surface area contributed by atoms with Crippen molar-refractivity contribution in [3.8, 4) is 0 Å². The van der Waals surface area contributed by atoms with E-state index in [0.29, 0.717) is 6.04 Å². The van der Waals surface area contributed by atoms with Crippen LogP contribution in [-0.4, -0.2) is 21.3 Å². The van der Waals surface area contributed by atoms with Gasteiger partial charge in [0.2, 0.25) is 0 Å². The van der Waals surface area contributed by atoms with Crippen molar-refractivity contribution in [2.75, 3.05) is 0 Å². The Kier molecular flexibility index (Phi) is 2.32. The molecule has 2 aliphatic carbocycles. The summed E-state index contributed by atoms with van der Waals surface area (Å²) in [5.41, 5.74) is -0.635. The maximum Gasteiger partial charge on any atom is 0.132 e. The van der Waals surface area contributed by atoms with E-state index in [-0.39, 0.29) is 0 Å². The van der Waals surface area contributed by atoms with Crippen LogP contribution < -0.4 is 0 Å². The lowest BCUT2D eigenvalue weighted by Gasteiger charge is -2.32. The van der Waals surface area contributed by atoms with Gasteiger partial charge < -0.3 is 5.11 Å². The second-order valence-electron chi connectivity index (χ2n) is 4.09. The number of rotatable bonds is 2. The summed E-state index contributed by atoms with van der Waals surface area (Å²) in [5.74, 6) is 0. The minimum absolute atomic E-state index is 0.424. The monoisotopic (exact) mass is 189 g/mol. The smallest absolute Gasteiger partial charge is 0.132 e. The molecule has 0 saturated heterocycles. The molecular weight excluding hydrogens is 174 g/mol. The quantitative estimate of drug-likeness (QED) is 0.532. The maximum absolute atomic E-state index is 9.74. The number of hydrogen-bond acceptors (Lipinski definition) is 2. The van der Waals surface area contributed by atoms with Crippen LogP contribution in [0, 0.1) is 0 Å². The average Bonchev–Trinajstić information content (AvgIpc) is 2.85. The minimum atomic E-state index is -0.635. The molecule has 0 aromatic rings. The van der Waals surface area contributed by atoms with Gasteiger partial charge in [0.15, 0.2) is 0 Å². The van der Waals surface area contributed by atoms with Crippen molar-refractivity contribution < 1.29 is 5.11 Å². The Labute approximate surface area is 78.6 Å². The fourth-order valence-electron chi connectivity index (χ4n) is 1.97. The van der Waals surface area contributed by atoms with Gasteiger partial charge in [-0.25, -0.2) is 0 Å². The van der Waals surface area contributed by atoms with Crippen molar-refractivity contribution in [1.29, 1.82) is 0 Å². The van der Waals surface area contributed by atoms with Gasteiger partial charge in [-0.1, -0.05) is 19.3 Å². The number of halogens is 1. The molecule has 0 amide bonds. The Morgan fingerprint density at radius 1 is 1.17 bits per heavy atom. The fraction of sp³-hybridized carbons (Fsp3) is 1.00. The predicted octanol–water partition coefficient (Wildman–Crippen LogP) is 2.26. The molecule has 1 N–H and O–H groups in total. The first-order valence-electron chi connectivity index (χ1n) is 4.90. The van der Waals surface area contributed by atoms with Crippen molar-refractivity contribution in [2.24, 2.45) is 0 Å². The van der Waals surface area contributed by atoms with Crippen molar-refractivity contribution >= 4 is 11.8 Å². The molecule has 0 heterocycles. The molecule has 12 heavy (non-hydrogen) atoms. The maximum atomic E-state index is 9.74. The molecule has 0 atom stereocenters. The van der Waals surface area contributed by atoms with Gasteiger partial charge in [-0.3, -0.25) is 0 Å². The molecular formula is C9H16ClNO. The average molecular weight is 190 g/mol. The van der Waals surface area contributed by atoms with Gasteiger partial charge in [-0.05, 0) is 37.5 Å². The van der Waals surface area contributed by atoms with E-state index < -0.39 is 5.72 Å². The van der Waals surface area contributed by atoms with E-state index in [2.05, 4.69) is 0 Å². The summed E-state index contributed by atoms with van der Waals surface area (Å²) in [4.78, 5) is 0. The van der Waals surface area contributed by atoms with E-state index >= 15 is 0 Å². The summed E-state index contributed by atoms with van der Waals surface area (Å²) >= 11 is 6.08. The summed E-state index contributed by atoms with van der Waals surface area (Å²) in [6.45, 7) is 0. The van der Waals surface area contributed by atoms with E-state index in [1.165, 1.54) is 19.3 Å². The molecule has 0 radical (unpaired) electrons. The SMILES string of the molecule is OC1(N(Cl)C2CCCCC2)CC1. The molecule has 0 aromatic carbocycles. The third-order valence-corrected chi connectivity index (χ3v) is 3.58. The number of aliphatic hydroxyl groups is 1. The number of nitrogens with zero attached hydrogens (tertiary/aromatic N) is 1. The van der Waals surface area contributed by atoms with E-state index in [4.69, 9.17) is 11.8 Å². The van der Waals surface area contributed by atoms with E-state index in [1.807, 2.05) is 0 Å². The zero-order valence-electron chi connectivity index (χ0n) is 7.30. The summed E-state index contributed by atoms with van der Waals surface area (Å²) in [5, 5.41) is 9.74. The molecule has 0 unspecified atom stereocenters. The van der Waals surface area contributed by atoms with Crippen molar-refractivity contribution in [1.82, 2.24) is 4.42 Å². The Balaban J connectivity index is 1.89. The number of hydrogen-bond donors (Lipinski definition) is 1. The molecule has 2 saturated carbocycles. The molecule has 70 valence electrons. The third kappa shape index (κ3) is 1.61. The molecule has 2 rings (SSSR count). The summed E-state index contributed by atoms with van der Waals surface area (Å²) in [6, 6.07) is 0.424. The van der Waals surface area contributed by atoms with Crippen molar-refractivity contribution in [2.45, 2.75) is 56.7 Å². The van der Waals surface area contributed by atoms with Gasteiger partial charge in [0.05, 0.1) is 0 Å². The second-order valence-corrected chi connectivity index (χ2v) is 4.45. The van der Waals surface area contributed by atoms with Crippen LogP contribution >= 0.6 is 11.8 Å². The van der Waals surface area contributed by atoms with E-state index in [0.717, 1.165) is 25.7 Å². The molecule has 0 bridgehead atoms. The van der Waals surface area contributed by atoms with Gasteiger partial charge in [0.25, 0.3) is 0 Å². The highest BCUT2D eigenvalue weighted by molar-refractivity contribution is 6.14. The van der Waals surface area contributed by atoms with E-state index in [1.54, 1.807) is 4.42 Å². The van der Waals surface area contributed by atoms with Crippen LogP contribution in [0.4, 0.5) is 0 Å². The molecule has 2 aliphatic rings. The largest absolute Gasteiger partial charge is 0.374 e. The van der Waals surface area contributed by atoms with Crippen LogP contribution in [0.3, 0.4) is 0 Å². The zero-order valence-corrected chi connectivity index (χ0v) is 8.06. The third-order valence-electron chi connectivity index (χ3n) is 2.99.